The second kappa shape index (κ2) is 12.0. The number of Topliss-reactive ketones (excluding diaryl/α,β-unsaturated/α-hetero) is 1. The molecule has 0 bridgehead atoms. The van der Waals surface area contributed by atoms with Gasteiger partial charge in [-0.1, -0.05) is 69.9 Å². The van der Waals surface area contributed by atoms with Gasteiger partial charge in [0.1, 0.15) is 11.5 Å². The van der Waals surface area contributed by atoms with Crippen LogP contribution in [-0.4, -0.2) is 19.0 Å². The van der Waals surface area contributed by atoms with Gasteiger partial charge in [-0.25, -0.2) is 0 Å². The minimum absolute atomic E-state index is 0.0271. The zero-order chi connectivity index (χ0) is 20.2. The average molecular weight is 381 g/mol. The van der Waals surface area contributed by atoms with Gasteiger partial charge >= 0.3 is 0 Å². The van der Waals surface area contributed by atoms with Gasteiger partial charge in [0.05, 0.1) is 6.61 Å². The highest BCUT2D eigenvalue weighted by molar-refractivity contribution is 5.95. The summed E-state index contributed by atoms with van der Waals surface area (Å²) >= 11 is 0. The largest absolute Gasteiger partial charge is 0.494 e. The van der Waals surface area contributed by atoms with Crippen LogP contribution in [0.3, 0.4) is 0 Å². The van der Waals surface area contributed by atoms with Crippen molar-refractivity contribution in [1.29, 1.82) is 0 Å². The average Bonchev–Trinajstić information content (AvgIpc) is 2.72. The van der Waals surface area contributed by atoms with Gasteiger partial charge in [0.2, 0.25) is 0 Å². The third kappa shape index (κ3) is 7.59. The zero-order valence-electron chi connectivity index (χ0n) is 17.2. The highest BCUT2D eigenvalue weighted by atomic mass is 16.5. The van der Waals surface area contributed by atoms with Crippen LogP contribution in [0.1, 0.15) is 52.4 Å². The molecule has 0 heterocycles. The number of rotatable bonds is 13. The summed E-state index contributed by atoms with van der Waals surface area (Å²) in [7, 11) is 0. The second-order valence-corrected chi connectivity index (χ2v) is 7.16. The summed E-state index contributed by atoms with van der Waals surface area (Å²) < 4.78 is 11.3. The lowest BCUT2D eigenvalue weighted by atomic mass is 10.1. The van der Waals surface area contributed by atoms with E-state index in [-0.39, 0.29) is 12.4 Å². The molecule has 2 aromatic rings. The fraction of sp³-hybridized carbons (Fsp3) is 0.400. The summed E-state index contributed by atoms with van der Waals surface area (Å²) in [5.74, 6) is 1.51. The van der Waals surface area contributed by atoms with Crippen molar-refractivity contribution in [2.24, 2.45) is 0 Å². The van der Waals surface area contributed by atoms with E-state index in [2.05, 4.69) is 25.6 Å². The van der Waals surface area contributed by atoms with Gasteiger partial charge in [0.15, 0.2) is 12.4 Å². The number of hydrogen-bond acceptors (Lipinski definition) is 3. The Morgan fingerprint density at radius 2 is 1.29 bits per heavy atom. The first-order valence-corrected chi connectivity index (χ1v) is 10.2. The van der Waals surface area contributed by atoms with Crippen LogP contribution >= 0.6 is 0 Å². The van der Waals surface area contributed by atoms with Gasteiger partial charge in [0, 0.05) is 0 Å². The Morgan fingerprint density at radius 1 is 0.786 bits per heavy atom. The van der Waals surface area contributed by atoms with Gasteiger partial charge in [-0.3, -0.25) is 4.79 Å². The van der Waals surface area contributed by atoms with Crippen LogP contribution in [0.5, 0.6) is 11.5 Å². The Kier molecular flexibility index (Phi) is 9.33. The van der Waals surface area contributed by atoms with Crippen LogP contribution in [-0.2, 0) is 4.79 Å². The molecule has 0 atom stereocenters. The van der Waals surface area contributed by atoms with Gasteiger partial charge in [0.25, 0.3) is 0 Å². The SMILES string of the molecule is C=C(C)C(=O)COc1ccc(-c2ccc(OCCCCCCCC)cc2)cc1. The third-order valence-corrected chi connectivity index (χ3v) is 4.65. The van der Waals surface area contributed by atoms with E-state index in [4.69, 9.17) is 9.47 Å². The van der Waals surface area contributed by atoms with Gasteiger partial charge in [-0.05, 0) is 54.3 Å². The van der Waals surface area contributed by atoms with E-state index in [0.717, 1.165) is 29.9 Å². The molecular formula is C25H32O3. The van der Waals surface area contributed by atoms with Gasteiger partial charge < -0.3 is 9.47 Å². The smallest absolute Gasteiger partial charge is 0.195 e. The Balaban J connectivity index is 1.77. The summed E-state index contributed by atoms with van der Waals surface area (Å²) in [6.07, 6.45) is 7.61. The summed E-state index contributed by atoms with van der Waals surface area (Å²) in [5, 5.41) is 0. The Hall–Kier alpha value is -2.55. The molecule has 0 aliphatic heterocycles. The molecule has 0 radical (unpaired) electrons. The molecule has 2 aromatic carbocycles. The zero-order valence-corrected chi connectivity index (χ0v) is 17.2. The number of ether oxygens (including phenoxy) is 2. The van der Waals surface area contributed by atoms with Crippen LogP contribution in [0.15, 0.2) is 60.7 Å². The fourth-order valence-electron chi connectivity index (χ4n) is 2.83. The molecular weight excluding hydrogens is 348 g/mol. The van der Waals surface area contributed by atoms with Crippen LogP contribution in [0.4, 0.5) is 0 Å². The first-order valence-electron chi connectivity index (χ1n) is 10.2. The van der Waals surface area contributed by atoms with Crippen LogP contribution in [0.25, 0.3) is 11.1 Å². The third-order valence-electron chi connectivity index (χ3n) is 4.65. The maximum Gasteiger partial charge on any atom is 0.195 e. The number of hydrogen-bond donors (Lipinski definition) is 0. The second-order valence-electron chi connectivity index (χ2n) is 7.16. The van der Waals surface area contributed by atoms with Crippen molar-refractivity contribution in [2.75, 3.05) is 13.2 Å². The Bertz CT molecular complexity index is 729. The molecule has 0 saturated carbocycles. The number of carbonyl (C=O) groups excluding carboxylic acids is 1. The van der Waals surface area contributed by atoms with Crippen LogP contribution < -0.4 is 9.47 Å². The lowest BCUT2D eigenvalue weighted by Gasteiger charge is -2.09. The lowest BCUT2D eigenvalue weighted by molar-refractivity contribution is -0.117. The molecule has 0 unspecified atom stereocenters. The van der Waals surface area contributed by atoms with Crippen molar-refractivity contribution in [3.05, 3.63) is 60.7 Å². The molecule has 0 aromatic heterocycles. The van der Waals surface area contributed by atoms with Crippen LogP contribution in [0, 0.1) is 0 Å². The predicted molar refractivity (Wildman–Crippen MR) is 116 cm³/mol. The van der Waals surface area contributed by atoms with Crippen molar-refractivity contribution < 1.29 is 14.3 Å². The first kappa shape index (κ1) is 21.7. The maximum absolute atomic E-state index is 11.6. The number of benzene rings is 2. The van der Waals surface area contributed by atoms with E-state index in [1.54, 1.807) is 6.92 Å². The number of unbranched alkanes of at least 4 members (excludes halogenated alkanes) is 5. The monoisotopic (exact) mass is 380 g/mol. The molecule has 28 heavy (non-hydrogen) atoms. The minimum atomic E-state index is -0.0828. The van der Waals surface area contributed by atoms with Crippen molar-refractivity contribution in [3.63, 3.8) is 0 Å². The van der Waals surface area contributed by atoms with Gasteiger partial charge in [-0.2, -0.15) is 0 Å². The molecule has 0 spiro atoms. The minimum Gasteiger partial charge on any atom is -0.494 e. The summed E-state index contributed by atoms with van der Waals surface area (Å²) in [5.41, 5.74) is 2.73. The van der Waals surface area contributed by atoms with Gasteiger partial charge in [-0.15, -0.1) is 0 Å². The lowest BCUT2D eigenvalue weighted by Crippen LogP contribution is -2.11. The molecule has 3 heteroatoms. The molecule has 0 aliphatic rings. The van der Waals surface area contributed by atoms with Crippen molar-refractivity contribution >= 4 is 5.78 Å². The molecule has 0 amide bonds. The quantitative estimate of drug-likeness (QED) is 0.289. The molecule has 0 saturated heterocycles. The molecule has 2 rings (SSSR count). The molecule has 0 fully saturated rings. The standard InChI is InChI=1S/C25H32O3/c1-4-5-6-7-8-9-18-27-23-14-10-21(11-15-23)22-12-16-24(17-13-22)28-19-25(26)20(2)3/h10-17H,2,4-9,18-19H2,1,3H3. The highest BCUT2D eigenvalue weighted by Crippen LogP contribution is 2.25. The van der Waals surface area contributed by atoms with Crippen LogP contribution in [0.2, 0.25) is 0 Å². The van der Waals surface area contributed by atoms with Crippen molar-refractivity contribution in [1.82, 2.24) is 0 Å². The van der Waals surface area contributed by atoms with Crippen molar-refractivity contribution in [3.8, 4) is 22.6 Å². The predicted octanol–water partition coefficient (Wildman–Crippen LogP) is 6.62. The molecule has 3 nitrogen and oxygen atoms in total. The maximum atomic E-state index is 11.6. The topological polar surface area (TPSA) is 35.5 Å². The normalized spacial score (nSPS) is 10.5. The molecule has 0 N–H and O–H groups in total. The van der Waals surface area contributed by atoms with E-state index >= 15 is 0 Å². The Labute approximate surface area is 169 Å². The van der Waals surface area contributed by atoms with E-state index in [9.17, 15) is 4.79 Å². The van der Waals surface area contributed by atoms with E-state index < -0.39 is 0 Å². The number of carbonyl (C=O) groups is 1. The summed E-state index contributed by atoms with van der Waals surface area (Å²) in [6, 6.07) is 15.9. The van der Waals surface area contributed by atoms with E-state index in [1.165, 1.54) is 32.1 Å². The first-order chi connectivity index (χ1) is 13.6. The van der Waals surface area contributed by atoms with E-state index in [1.807, 2.05) is 36.4 Å². The molecule has 150 valence electrons. The Morgan fingerprint density at radius 3 is 1.82 bits per heavy atom. The number of ketones is 1. The highest BCUT2D eigenvalue weighted by Gasteiger charge is 2.04. The summed E-state index contributed by atoms with van der Waals surface area (Å²) in [4.78, 5) is 11.6. The fourth-order valence-corrected chi connectivity index (χ4v) is 2.83. The molecule has 0 aliphatic carbocycles. The van der Waals surface area contributed by atoms with Crippen molar-refractivity contribution in [2.45, 2.75) is 52.4 Å². The summed E-state index contributed by atoms with van der Waals surface area (Å²) in [6.45, 7) is 8.36. The van der Waals surface area contributed by atoms with E-state index in [0.29, 0.717) is 11.3 Å².